The average molecular weight is 464 g/mol. The van der Waals surface area contributed by atoms with E-state index in [1.165, 1.54) is 12.7 Å². The van der Waals surface area contributed by atoms with Gasteiger partial charge in [0.2, 0.25) is 10.0 Å². The lowest BCUT2D eigenvalue weighted by Gasteiger charge is -2.40. The molecule has 6 nitrogen and oxygen atoms in total. The maximum Gasteiger partial charge on any atom is 0.229 e. The Labute approximate surface area is 191 Å². The second-order valence-electron chi connectivity index (χ2n) is 9.22. The Morgan fingerprint density at radius 2 is 1.61 bits per heavy atom. The van der Waals surface area contributed by atoms with Crippen molar-refractivity contribution >= 4 is 33.0 Å². The molecular weight excluding hydrogens is 430 g/mol. The van der Waals surface area contributed by atoms with E-state index in [2.05, 4.69) is 49.8 Å². The van der Waals surface area contributed by atoms with E-state index in [-0.39, 0.29) is 10.5 Å². The molecule has 0 aliphatic heterocycles. The predicted octanol–water partition coefficient (Wildman–Crippen LogP) is 4.35. The molecule has 31 heavy (non-hydrogen) atoms. The second kappa shape index (κ2) is 9.04. The van der Waals surface area contributed by atoms with Crippen LogP contribution in [0.5, 0.6) is 5.75 Å². The minimum absolute atomic E-state index is 0.0823. The van der Waals surface area contributed by atoms with Crippen molar-refractivity contribution in [2.45, 2.75) is 52.1 Å². The first kappa shape index (κ1) is 24.9. The molecule has 0 unspecified atom stereocenters. The van der Waals surface area contributed by atoms with Gasteiger partial charge in [-0.2, -0.15) is 0 Å². The van der Waals surface area contributed by atoms with Crippen LogP contribution in [0.1, 0.15) is 51.3 Å². The van der Waals surface area contributed by atoms with Gasteiger partial charge >= 0.3 is 0 Å². The summed E-state index contributed by atoms with van der Waals surface area (Å²) >= 11 is 5.39. The van der Waals surface area contributed by atoms with Gasteiger partial charge in [-0.25, -0.2) is 8.42 Å². The van der Waals surface area contributed by atoms with Gasteiger partial charge in [-0.1, -0.05) is 51.1 Å². The Kier molecular flexibility index (Phi) is 7.28. The molecule has 0 radical (unpaired) electrons. The van der Waals surface area contributed by atoms with E-state index in [9.17, 15) is 8.42 Å². The highest BCUT2D eigenvalue weighted by Gasteiger charge is 2.31. The number of anilines is 1. The summed E-state index contributed by atoms with van der Waals surface area (Å²) in [6.45, 7) is 11.1. The van der Waals surface area contributed by atoms with Crippen LogP contribution in [0.2, 0.25) is 0 Å². The molecule has 2 aromatic rings. The van der Waals surface area contributed by atoms with Crippen LogP contribution in [0, 0.1) is 0 Å². The Balaban J connectivity index is 2.38. The zero-order valence-corrected chi connectivity index (χ0v) is 20.9. The highest BCUT2D eigenvalue weighted by molar-refractivity contribution is 7.92. The van der Waals surface area contributed by atoms with Gasteiger partial charge in [-0.15, -0.1) is 0 Å². The van der Waals surface area contributed by atoms with Gasteiger partial charge < -0.3 is 15.4 Å². The number of benzene rings is 2. The summed E-state index contributed by atoms with van der Waals surface area (Å²) in [4.78, 5) is 1.95. The van der Waals surface area contributed by atoms with E-state index in [1.54, 1.807) is 6.07 Å². The number of nitrogens with two attached hydrogens (primary N) is 1. The molecule has 0 atom stereocenters. The minimum Gasteiger partial charge on any atom is -0.495 e. The predicted molar refractivity (Wildman–Crippen MR) is 132 cm³/mol. The van der Waals surface area contributed by atoms with E-state index in [1.807, 2.05) is 30.9 Å². The third kappa shape index (κ3) is 6.33. The first-order valence-electron chi connectivity index (χ1n) is 9.98. The number of nitrogens with zero attached hydrogens (tertiary/aromatic N) is 1. The van der Waals surface area contributed by atoms with Crippen LogP contribution in [0.25, 0.3) is 0 Å². The Bertz CT molecular complexity index is 1040. The van der Waals surface area contributed by atoms with Crippen LogP contribution in [0.3, 0.4) is 0 Å². The van der Waals surface area contributed by atoms with Crippen molar-refractivity contribution in [3.8, 4) is 5.75 Å². The lowest BCUT2D eigenvalue weighted by atomic mass is 9.86. The van der Waals surface area contributed by atoms with Crippen molar-refractivity contribution in [1.29, 1.82) is 0 Å². The largest absolute Gasteiger partial charge is 0.495 e. The van der Waals surface area contributed by atoms with E-state index in [0.29, 0.717) is 18.0 Å². The fourth-order valence-corrected chi connectivity index (χ4v) is 4.22. The zero-order valence-electron chi connectivity index (χ0n) is 19.3. The highest BCUT2D eigenvalue weighted by Crippen LogP contribution is 2.35. The van der Waals surface area contributed by atoms with Crippen molar-refractivity contribution in [3.63, 3.8) is 0 Å². The smallest absolute Gasteiger partial charge is 0.229 e. The van der Waals surface area contributed by atoms with Crippen LogP contribution in [-0.2, 0) is 27.5 Å². The van der Waals surface area contributed by atoms with Gasteiger partial charge in [0.05, 0.1) is 24.6 Å². The molecule has 0 aliphatic carbocycles. The zero-order chi connectivity index (χ0) is 23.6. The highest BCUT2D eigenvalue weighted by atomic mass is 32.2. The molecule has 0 saturated heterocycles. The summed E-state index contributed by atoms with van der Waals surface area (Å²) in [7, 11) is -1.92. The average Bonchev–Trinajstić information content (AvgIpc) is 2.64. The summed E-state index contributed by atoms with van der Waals surface area (Å²) in [6.07, 6.45) is 1.10. The molecule has 8 heteroatoms. The maximum absolute atomic E-state index is 11.6. The standard InChI is InChI=1S/C23H33N3O3S2/c1-22(2,3)17-10-8-16(9-11-17)15-26(21(24)30)23(4,5)18-12-13-19(20(14-18)29-6)25-31(7,27)28/h8-14,25H,15H2,1-7H3,(H2,24,30). The van der Waals surface area contributed by atoms with Gasteiger partial charge in [0.15, 0.2) is 5.11 Å². The van der Waals surface area contributed by atoms with Crippen LogP contribution < -0.4 is 15.2 Å². The summed E-state index contributed by atoms with van der Waals surface area (Å²) in [5.74, 6) is 0.424. The van der Waals surface area contributed by atoms with E-state index in [0.717, 1.165) is 17.4 Å². The number of rotatable bonds is 7. The van der Waals surface area contributed by atoms with Gasteiger partial charge in [0.1, 0.15) is 5.75 Å². The number of hydrogen-bond donors (Lipinski definition) is 2. The van der Waals surface area contributed by atoms with Crippen molar-refractivity contribution < 1.29 is 13.2 Å². The summed E-state index contributed by atoms with van der Waals surface area (Å²) in [5, 5.41) is 0.280. The summed E-state index contributed by atoms with van der Waals surface area (Å²) in [6, 6.07) is 13.8. The number of methoxy groups -OCH3 is 1. The van der Waals surface area contributed by atoms with Gasteiger partial charge in [-0.05, 0) is 60.3 Å². The Morgan fingerprint density at radius 1 is 1.06 bits per heavy atom. The molecule has 0 heterocycles. The molecule has 0 amide bonds. The monoisotopic (exact) mass is 463 g/mol. The van der Waals surface area contributed by atoms with Gasteiger partial charge in [-0.3, -0.25) is 4.72 Å². The molecule has 0 aromatic heterocycles. The van der Waals surface area contributed by atoms with E-state index >= 15 is 0 Å². The molecule has 0 spiro atoms. The van der Waals surface area contributed by atoms with Crippen LogP contribution in [0.15, 0.2) is 42.5 Å². The van der Waals surface area contributed by atoms with Crippen LogP contribution >= 0.6 is 12.2 Å². The van der Waals surface area contributed by atoms with Crippen molar-refractivity contribution in [1.82, 2.24) is 4.90 Å². The molecule has 170 valence electrons. The topological polar surface area (TPSA) is 84.7 Å². The summed E-state index contributed by atoms with van der Waals surface area (Å²) < 4.78 is 31.2. The first-order valence-corrected chi connectivity index (χ1v) is 12.3. The number of sulfonamides is 1. The fraction of sp³-hybridized carbons (Fsp3) is 0.435. The van der Waals surface area contributed by atoms with Crippen molar-refractivity contribution in [2.24, 2.45) is 5.73 Å². The van der Waals surface area contributed by atoms with Gasteiger partial charge in [0, 0.05) is 6.54 Å². The molecule has 0 aliphatic rings. The molecule has 0 bridgehead atoms. The molecule has 2 rings (SSSR count). The van der Waals surface area contributed by atoms with Gasteiger partial charge in [0.25, 0.3) is 0 Å². The number of ether oxygens (including phenoxy) is 1. The third-order valence-corrected chi connectivity index (χ3v) is 6.12. The third-order valence-electron chi connectivity index (χ3n) is 5.30. The SMILES string of the molecule is COc1cc(C(C)(C)N(Cc2ccc(C(C)(C)C)cc2)C(N)=S)ccc1NS(C)(=O)=O. The molecule has 0 saturated carbocycles. The lowest BCUT2D eigenvalue weighted by molar-refractivity contribution is 0.210. The van der Waals surface area contributed by atoms with E-state index in [4.69, 9.17) is 22.7 Å². The second-order valence-corrected chi connectivity index (χ2v) is 11.4. The molecule has 3 N–H and O–H groups in total. The number of hydrogen-bond acceptors (Lipinski definition) is 4. The summed E-state index contributed by atoms with van der Waals surface area (Å²) in [5.41, 5.74) is 9.27. The van der Waals surface area contributed by atoms with Crippen LogP contribution in [0.4, 0.5) is 5.69 Å². The fourth-order valence-electron chi connectivity index (χ4n) is 3.36. The maximum atomic E-state index is 11.6. The lowest BCUT2D eigenvalue weighted by Crippen LogP contribution is -2.47. The first-order chi connectivity index (χ1) is 14.1. The van der Waals surface area contributed by atoms with Crippen LogP contribution in [-0.4, -0.2) is 31.8 Å². The van der Waals surface area contributed by atoms with Crippen molar-refractivity contribution in [2.75, 3.05) is 18.1 Å². The normalized spacial score (nSPS) is 12.4. The minimum atomic E-state index is -3.42. The number of thiocarbonyl (C=S) groups is 1. The van der Waals surface area contributed by atoms with E-state index < -0.39 is 15.6 Å². The molecule has 2 aromatic carbocycles. The number of nitrogens with one attached hydrogen (secondary N) is 1. The molecule has 0 fully saturated rings. The quantitative estimate of drug-likeness (QED) is 0.594. The molecular formula is C23H33N3O3S2. The Morgan fingerprint density at radius 3 is 2.06 bits per heavy atom. The van der Waals surface area contributed by atoms with Crippen molar-refractivity contribution in [3.05, 3.63) is 59.2 Å². The Hall–Kier alpha value is -2.32.